The largest absolute Gasteiger partial charge is 0.459 e. The van der Waals surface area contributed by atoms with E-state index in [9.17, 15) is 0 Å². The SMILES string of the molecule is CN(C)CC1CCCN1C(CN)c1cc2ccccc2o1. The summed E-state index contributed by atoms with van der Waals surface area (Å²) in [5, 5.41) is 1.16. The first kappa shape index (κ1) is 14.6. The molecule has 2 heterocycles. The zero-order chi connectivity index (χ0) is 14.8. The molecule has 2 aromatic rings. The number of benzene rings is 1. The topological polar surface area (TPSA) is 45.6 Å². The van der Waals surface area contributed by atoms with Crippen molar-refractivity contribution >= 4 is 11.0 Å². The molecule has 1 fully saturated rings. The fraction of sp³-hybridized carbons (Fsp3) is 0.529. The number of fused-ring (bicyclic) bond motifs is 1. The van der Waals surface area contributed by atoms with Crippen molar-refractivity contribution in [2.24, 2.45) is 5.73 Å². The lowest BCUT2D eigenvalue weighted by Gasteiger charge is -2.32. The molecule has 1 aromatic carbocycles. The molecule has 2 atom stereocenters. The molecule has 21 heavy (non-hydrogen) atoms. The number of para-hydroxylation sites is 1. The average molecular weight is 287 g/mol. The summed E-state index contributed by atoms with van der Waals surface area (Å²) in [6, 6.07) is 11.1. The molecule has 0 spiro atoms. The molecular formula is C17H25N3O. The van der Waals surface area contributed by atoms with E-state index in [-0.39, 0.29) is 6.04 Å². The van der Waals surface area contributed by atoms with E-state index >= 15 is 0 Å². The van der Waals surface area contributed by atoms with Gasteiger partial charge in [0.15, 0.2) is 0 Å². The summed E-state index contributed by atoms with van der Waals surface area (Å²) in [6.07, 6.45) is 2.49. The molecule has 2 N–H and O–H groups in total. The van der Waals surface area contributed by atoms with Gasteiger partial charge in [0.2, 0.25) is 0 Å². The van der Waals surface area contributed by atoms with Crippen LogP contribution in [0.25, 0.3) is 11.0 Å². The molecule has 0 amide bonds. The van der Waals surface area contributed by atoms with E-state index in [4.69, 9.17) is 10.2 Å². The smallest absolute Gasteiger partial charge is 0.134 e. The molecule has 1 saturated heterocycles. The second-order valence-electron chi connectivity index (χ2n) is 6.23. The normalized spacial score (nSPS) is 21.4. The number of hydrogen-bond acceptors (Lipinski definition) is 4. The Morgan fingerprint density at radius 3 is 2.90 bits per heavy atom. The van der Waals surface area contributed by atoms with Gasteiger partial charge in [-0.15, -0.1) is 0 Å². The molecule has 0 aliphatic carbocycles. The van der Waals surface area contributed by atoms with Gasteiger partial charge in [-0.1, -0.05) is 18.2 Å². The summed E-state index contributed by atoms with van der Waals surface area (Å²) < 4.78 is 6.05. The third kappa shape index (κ3) is 2.98. The highest BCUT2D eigenvalue weighted by atomic mass is 16.3. The van der Waals surface area contributed by atoms with Gasteiger partial charge in [0.05, 0.1) is 6.04 Å². The van der Waals surface area contributed by atoms with Crippen molar-refractivity contribution in [1.82, 2.24) is 9.80 Å². The first-order valence-corrected chi connectivity index (χ1v) is 7.78. The molecule has 114 valence electrons. The van der Waals surface area contributed by atoms with Crippen LogP contribution in [0.15, 0.2) is 34.7 Å². The summed E-state index contributed by atoms with van der Waals surface area (Å²) >= 11 is 0. The number of likely N-dealkylation sites (N-methyl/N-ethyl adjacent to an activating group) is 1. The Bertz CT molecular complexity index is 559. The van der Waals surface area contributed by atoms with Crippen LogP contribution in [0.5, 0.6) is 0 Å². The second kappa shape index (κ2) is 6.18. The van der Waals surface area contributed by atoms with Crippen molar-refractivity contribution in [3.8, 4) is 0 Å². The monoisotopic (exact) mass is 287 g/mol. The van der Waals surface area contributed by atoms with E-state index in [0.29, 0.717) is 12.6 Å². The van der Waals surface area contributed by atoms with Crippen LogP contribution in [-0.2, 0) is 0 Å². The molecule has 1 aliphatic heterocycles. The van der Waals surface area contributed by atoms with Crippen molar-refractivity contribution in [1.29, 1.82) is 0 Å². The zero-order valence-electron chi connectivity index (χ0n) is 13.0. The molecule has 0 radical (unpaired) electrons. The Hall–Kier alpha value is -1.36. The van der Waals surface area contributed by atoms with Gasteiger partial charge in [-0.05, 0) is 45.6 Å². The van der Waals surface area contributed by atoms with Crippen LogP contribution in [0.3, 0.4) is 0 Å². The Balaban J connectivity index is 1.86. The van der Waals surface area contributed by atoms with Gasteiger partial charge in [-0.25, -0.2) is 0 Å². The summed E-state index contributed by atoms with van der Waals surface area (Å²) in [5.74, 6) is 1.00. The predicted octanol–water partition coefficient (Wildman–Crippen LogP) is 2.46. The van der Waals surface area contributed by atoms with Crippen molar-refractivity contribution in [3.05, 3.63) is 36.1 Å². The average Bonchev–Trinajstić information content (AvgIpc) is 3.06. The Morgan fingerprint density at radius 2 is 2.19 bits per heavy atom. The minimum absolute atomic E-state index is 0.185. The number of hydrogen-bond donors (Lipinski definition) is 1. The quantitative estimate of drug-likeness (QED) is 0.917. The van der Waals surface area contributed by atoms with Crippen LogP contribution in [0, 0.1) is 0 Å². The highest BCUT2D eigenvalue weighted by Gasteiger charge is 2.32. The van der Waals surface area contributed by atoms with Crippen molar-refractivity contribution in [2.45, 2.75) is 24.9 Å². The third-order valence-corrected chi connectivity index (χ3v) is 4.40. The lowest BCUT2D eigenvalue weighted by molar-refractivity contribution is 0.142. The van der Waals surface area contributed by atoms with E-state index in [0.717, 1.165) is 29.8 Å². The fourth-order valence-corrected chi connectivity index (χ4v) is 3.47. The predicted molar refractivity (Wildman–Crippen MR) is 86.3 cm³/mol. The van der Waals surface area contributed by atoms with E-state index in [1.165, 1.54) is 12.8 Å². The maximum atomic E-state index is 6.08. The number of furan rings is 1. The lowest BCUT2D eigenvalue weighted by atomic mass is 10.1. The van der Waals surface area contributed by atoms with Gasteiger partial charge in [0, 0.05) is 24.5 Å². The Kier molecular flexibility index (Phi) is 4.29. The van der Waals surface area contributed by atoms with E-state index in [2.05, 4.69) is 36.0 Å². The lowest BCUT2D eigenvalue weighted by Crippen LogP contribution is -2.42. The van der Waals surface area contributed by atoms with Gasteiger partial charge >= 0.3 is 0 Å². The molecular weight excluding hydrogens is 262 g/mol. The van der Waals surface area contributed by atoms with Gasteiger partial charge in [-0.3, -0.25) is 4.90 Å². The molecule has 1 aliphatic rings. The number of nitrogens with zero attached hydrogens (tertiary/aromatic N) is 2. The van der Waals surface area contributed by atoms with E-state index in [1.54, 1.807) is 0 Å². The fourth-order valence-electron chi connectivity index (χ4n) is 3.47. The minimum atomic E-state index is 0.185. The van der Waals surface area contributed by atoms with Crippen LogP contribution in [0.2, 0.25) is 0 Å². The maximum absolute atomic E-state index is 6.08. The zero-order valence-corrected chi connectivity index (χ0v) is 13.0. The molecule has 3 rings (SSSR count). The number of rotatable bonds is 5. The van der Waals surface area contributed by atoms with E-state index in [1.807, 2.05) is 18.2 Å². The second-order valence-corrected chi connectivity index (χ2v) is 6.23. The highest BCUT2D eigenvalue weighted by molar-refractivity contribution is 5.77. The first-order chi connectivity index (χ1) is 10.2. The Labute approximate surface area is 126 Å². The highest BCUT2D eigenvalue weighted by Crippen LogP contribution is 2.32. The van der Waals surface area contributed by atoms with Gasteiger partial charge in [0.25, 0.3) is 0 Å². The molecule has 1 aromatic heterocycles. The van der Waals surface area contributed by atoms with Crippen LogP contribution in [-0.4, -0.2) is 49.6 Å². The van der Waals surface area contributed by atoms with Crippen molar-refractivity contribution in [2.75, 3.05) is 33.7 Å². The minimum Gasteiger partial charge on any atom is -0.459 e. The summed E-state index contributed by atoms with van der Waals surface area (Å²) in [6.45, 7) is 2.79. The van der Waals surface area contributed by atoms with Crippen molar-refractivity contribution < 1.29 is 4.42 Å². The molecule has 2 unspecified atom stereocenters. The van der Waals surface area contributed by atoms with Crippen LogP contribution >= 0.6 is 0 Å². The molecule has 4 nitrogen and oxygen atoms in total. The molecule has 0 bridgehead atoms. The van der Waals surface area contributed by atoms with E-state index < -0.39 is 0 Å². The molecule has 0 saturated carbocycles. The van der Waals surface area contributed by atoms with Crippen LogP contribution in [0.4, 0.5) is 0 Å². The Morgan fingerprint density at radius 1 is 1.38 bits per heavy atom. The summed E-state index contributed by atoms with van der Waals surface area (Å²) in [7, 11) is 4.27. The van der Waals surface area contributed by atoms with Crippen LogP contribution in [0.1, 0.15) is 24.6 Å². The number of likely N-dealkylation sites (tertiary alicyclic amines) is 1. The molecule has 4 heteroatoms. The standard InChI is InChI=1S/C17H25N3O/c1-19(2)12-14-7-5-9-20(14)15(11-18)17-10-13-6-3-4-8-16(13)21-17/h3-4,6,8,10,14-15H,5,7,9,11-12,18H2,1-2H3. The van der Waals surface area contributed by atoms with Gasteiger partial charge in [-0.2, -0.15) is 0 Å². The third-order valence-electron chi connectivity index (χ3n) is 4.40. The van der Waals surface area contributed by atoms with Crippen molar-refractivity contribution in [3.63, 3.8) is 0 Å². The summed E-state index contributed by atoms with van der Waals surface area (Å²) in [4.78, 5) is 4.78. The summed E-state index contributed by atoms with van der Waals surface area (Å²) in [5.41, 5.74) is 7.04. The van der Waals surface area contributed by atoms with Gasteiger partial charge in [0.1, 0.15) is 11.3 Å². The number of nitrogens with two attached hydrogens (primary N) is 1. The van der Waals surface area contributed by atoms with Gasteiger partial charge < -0.3 is 15.1 Å². The first-order valence-electron chi connectivity index (χ1n) is 7.78. The van der Waals surface area contributed by atoms with Crippen LogP contribution < -0.4 is 5.73 Å². The maximum Gasteiger partial charge on any atom is 0.134 e.